The molecule has 0 aromatic rings. The maximum Gasteiger partial charge on any atom is 0.166 e. The van der Waals surface area contributed by atoms with E-state index in [0.717, 1.165) is 17.5 Å². The van der Waals surface area contributed by atoms with Crippen molar-refractivity contribution in [2.75, 3.05) is 19.0 Å². The molecule has 0 spiro atoms. The molecule has 2 aliphatic rings. The van der Waals surface area contributed by atoms with Crippen molar-refractivity contribution >= 4 is 23.3 Å². The third-order valence-corrected chi connectivity index (χ3v) is 2.33. The zero-order chi connectivity index (χ0) is 6.10. The lowest BCUT2D eigenvalue weighted by Gasteiger charge is -2.13. The van der Waals surface area contributed by atoms with Crippen LogP contribution in [0.1, 0.15) is 0 Å². The number of fused-ring (bicyclic) bond motifs is 1. The van der Waals surface area contributed by atoms with Crippen LogP contribution in [0, 0.1) is 0 Å². The second-order valence-electron chi connectivity index (χ2n) is 1.92. The highest BCUT2D eigenvalue weighted by Gasteiger charge is 2.18. The van der Waals surface area contributed by atoms with Crippen molar-refractivity contribution in [3.8, 4) is 0 Å². The fourth-order valence-electron chi connectivity index (χ4n) is 0.894. The zero-order valence-electron chi connectivity index (χ0n) is 4.95. The van der Waals surface area contributed by atoms with Crippen LogP contribution in [0.4, 0.5) is 0 Å². The van der Waals surface area contributed by atoms with Gasteiger partial charge < -0.3 is 4.90 Å². The molecule has 0 N–H and O–H groups in total. The molecule has 0 aliphatic carbocycles. The molecule has 48 valence electrons. The van der Waals surface area contributed by atoms with Gasteiger partial charge in [-0.15, -0.1) is 0 Å². The fraction of sp³-hybridized carbons (Fsp3) is 0.600. The van der Waals surface area contributed by atoms with Crippen LogP contribution < -0.4 is 0 Å². The van der Waals surface area contributed by atoms with E-state index >= 15 is 0 Å². The summed E-state index contributed by atoms with van der Waals surface area (Å²) in [7, 11) is 0. The molecule has 2 rings (SSSR count). The summed E-state index contributed by atoms with van der Waals surface area (Å²) in [6.07, 6.45) is 1.88. The van der Waals surface area contributed by atoms with Gasteiger partial charge in [-0.2, -0.15) is 0 Å². The molecule has 4 heteroatoms. The molecule has 2 heterocycles. The molecule has 0 bridgehead atoms. The van der Waals surface area contributed by atoms with Gasteiger partial charge in [0.25, 0.3) is 0 Å². The van der Waals surface area contributed by atoms with Gasteiger partial charge in [0.05, 0.1) is 6.34 Å². The highest BCUT2D eigenvalue weighted by atomic mass is 32.2. The smallest absolute Gasteiger partial charge is 0.166 e. The fourth-order valence-corrected chi connectivity index (χ4v) is 1.82. The number of hydrogen-bond donors (Lipinski definition) is 0. The summed E-state index contributed by atoms with van der Waals surface area (Å²) in [5, 5.41) is 1.14. The lowest BCUT2D eigenvalue weighted by Crippen LogP contribution is -2.25. The van der Waals surface area contributed by atoms with Crippen molar-refractivity contribution in [2.24, 2.45) is 9.98 Å². The molecule has 0 saturated carbocycles. The first-order valence-electron chi connectivity index (χ1n) is 2.91. The normalized spacial score (nSPS) is 24.0. The molecule has 9 heavy (non-hydrogen) atoms. The molecule has 3 nitrogen and oxygen atoms in total. The maximum absolute atomic E-state index is 4.20. The number of nitrogens with zero attached hydrogens (tertiary/aromatic N) is 3. The quantitative estimate of drug-likeness (QED) is 0.488. The summed E-state index contributed by atoms with van der Waals surface area (Å²) < 4.78 is 0. The number of aliphatic imine (C=N–C) groups is 2. The van der Waals surface area contributed by atoms with E-state index in [1.54, 1.807) is 0 Å². The largest absolute Gasteiger partial charge is 0.311 e. The van der Waals surface area contributed by atoms with Gasteiger partial charge in [-0.05, 0) is 0 Å². The van der Waals surface area contributed by atoms with E-state index in [4.69, 9.17) is 0 Å². The molecular weight excluding hydrogens is 134 g/mol. The Kier molecular flexibility index (Phi) is 1.19. The monoisotopic (exact) mass is 141 g/mol. The first-order chi connectivity index (χ1) is 4.47. The summed E-state index contributed by atoms with van der Waals surface area (Å²) in [6, 6.07) is 0. The molecule has 0 atom stereocenters. The first kappa shape index (κ1) is 5.29. The van der Waals surface area contributed by atoms with Crippen molar-refractivity contribution in [3.05, 3.63) is 0 Å². The summed E-state index contributed by atoms with van der Waals surface area (Å²) in [5.41, 5.74) is 0. The predicted octanol–water partition coefficient (Wildman–Crippen LogP) is 0.391. The summed E-state index contributed by atoms with van der Waals surface area (Å²) in [4.78, 5) is 10.3. The molecular formula is C5H7N3S. The van der Waals surface area contributed by atoms with Crippen LogP contribution in [0.2, 0.25) is 0 Å². The Labute approximate surface area is 57.9 Å². The SMILES string of the molecule is C1=NCN=C2SCCN12. The lowest BCUT2D eigenvalue weighted by atomic mass is 10.6. The molecule has 0 aromatic heterocycles. The highest BCUT2D eigenvalue weighted by Crippen LogP contribution is 2.17. The average molecular weight is 141 g/mol. The van der Waals surface area contributed by atoms with Gasteiger partial charge in [0.2, 0.25) is 0 Å². The predicted molar refractivity (Wildman–Crippen MR) is 40.0 cm³/mol. The van der Waals surface area contributed by atoms with Gasteiger partial charge >= 0.3 is 0 Å². The van der Waals surface area contributed by atoms with E-state index in [9.17, 15) is 0 Å². The lowest BCUT2D eigenvalue weighted by molar-refractivity contribution is 0.674. The van der Waals surface area contributed by atoms with Crippen molar-refractivity contribution in [1.82, 2.24) is 4.90 Å². The molecule has 0 unspecified atom stereocenters. The minimum atomic E-state index is 0.624. The topological polar surface area (TPSA) is 28.0 Å². The molecule has 1 fully saturated rings. The van der Waals surface area contributed by atoms with Gasteiger partial charge in [0.15, 0.2) is 5.17 Å². The van der Waals surface area contributed by atoms with E-state index in [1.165, 1.54) is 0 Å². The molecule has 2 aliphatic heterocycles. The van der Waals surface area contributed by atoms with Crippen molar-refractivity contribution < 1.29 is 0 Å². The third kappa shape index (κ3) is 0.830. The van der Waals surface area contributed by atoms with Gasteiger partial charge in [-0.1, -0.05) is 11.8 Å². The van der Waals surface area contributed by atoms with Crippen LogP contribution in [0.3, 0.4) is 0 Å². The Morgan fingerprint density at radius 1 is 1.67 bits per heavy atom. The standard InChI is InChI=1S/C5H7N3S/c1-2-9-5-7-3-6-4-8(1)5/h4H,1-3H2. The van der Waals surface area contributed by atoms with Crippen LogP contribution >= 0.6 is 11.8 Å². The Morgan fingerprint density at radius 2 is 2.67 bits per heavy atom. The van der Waals surface area contributed by atoms with Crippen molar-refractivity contribution in [2.45, 2.75) is 0 Å². The minimum Gasteiger partial charge on any atom is -0.311 e. The first-order valence-corrected chi connectivity index (χ1v) is 3.89. The Bertz CT molecular complexity index is 175. The van der Waals surface area contributed by atoms with E-state index in [0.29, 0.717) is 6.67 Å². The second-order valence-corrected chi connectivity index (χ2v) is 2.98. The number of rotatable bonds is 0. The Hall–Kier alpha value is -0.510. The van der Waals surface area contributed by atoms with Gasteiger partial charge in [0, 0.05) is 12.3 Å². The number of thioether (sulfide) groups is 1. The maximum atomic E-state index is 4.20. The Balaban J connectivity index is 2.22. The van der Waals surface area contributed by atoms with Crippen LogP contribution in [0.25, 0.3) is 0 Å². The average Bonchev–Trinajstić information content (AvgIpc) is 2.33. The van der Waals surface area contributed by atoms with E-state index in [1.807, 2.05) is 18.1 Å². The summed E-state index contributed by atoms with van der Waals surface area (Å²) >= 11 is 1.81. The zero-order valence-corrected chi connectivity index (χ0v) is 5.77. The number of amidine groups is 1. The summed E-state index contributed by atoms with van der Waals surface area (Å²) in [5.74, 6) is 1.16. The van der Waals surface area contributed by atoms with Crippen LogP contribution in [-0.4, -0.2) is 35.4 Å². The summed E-state index contributed by atoms with van der Waals surface area (Å²) in [6.45, 7) is 1.70. The van der Waals surface area contributed by atoms with Crippen LogP contribution in [-0.2, 0) is 0 Å². The minimum absolute atomic E-state index is 0.624. The van der Waals surface area contributed by atoms with Gasteiger partial charge in [-0.3, -0.25) is 4.99 Å². The van der Waals surface area contributed by atoms with Crippen molar-refractivity contribution in [3.63, 3.8) is 0 Å². The van der Waals surface area contributed by atoms with E-state index in [-0.39, 0.29) is 0 Å². The van der Waals surface area contributed by atoms with Crippen LogP contribution in [0.5, 0.6) is 0 Å². The van der Waals surface area contributed by atoms with Gasteiger partial charge in [0.1, 0.15) is 6.67 Å². The molecule has 0 aromatic carbocycles. The van der Waals surface area contributed by atoms with Crippen molar-refractivity contribution in [1.29, 1.82) is 0 Å². The second kappa shape index (κ2) is 2.02. The highest BCUT2D eigenvalue weighted by molar-refractivity contribution is 8.14. The molecule has 0 amide bonds. The number of hydrogen-bond acceptors (Lipinski definition) is 4. The van der Waals surface area contributed by atoms with E-state index in [2.05, 4.69) is 14.9 Å². The van der Waals surface area contributed by atoms with E-state index < -0.39 is 0 Å². The molecule has 0 radical (unpaired) electrons. The Morgan fingerprint density at radius 3 is 3.56 bits per heavy atom. The van der Waals surface area contributed by atoms with Gasteiger partial charge in [-0.25, -0.2) is 4.99 Å². The molecule has 1 saturated heterocycles. The third-order valence-electron chi connectivity index (χ3n) is 1.32. The van der Waals surface area contributed by atoms with Crippen LogP contribution in [0.15, 0.2) is 9.98 Å².